The summed E-state index contributed by atoms with van der Waals surface area (Å²) in [7, 11) is 1.61. The molecule has 0 N–H and O–H groups in total. The molecule has 0 aliphatic carbocycles. The van der Waals surface area contributed by atoms with Gasteiger partial charge in [0.05, 0.1) is 19.0 Å². The van der Waals surface area contributed by atoms with Gasteiger partial charge in [-0.1, -0.05) is 29.8 Å². The van der Waals surface area contributed by atoms with E-state index in [1.54, 1.807) is 35.9 Å². The van der Waals surface area contributed by atoms with Crippen LogP contribution in [0, 0.1) is 6.92 Å². The van der Waals surface area contributed by atoms with Crippen LogP contribution in [0.5, 0.6) is 5.75 Å². The van der Waals surface area contributed by atoms with Gasteiger partial charge in [-0.05, 0) is 67.1 Å². The summed E-state index contributed by atoms with van der Waals surface area (Å²) in [5.74, 6) is 0.588. The minimum Gasteiger partial charge on any atom is -0.497 e. The number of anilines is 1. The van der Waals surface area contributed by atoms with Crippen molar-refractivity contribution in [3.05, 3.63) is 94.6 Å². The minimum atomic E-state index is -0.158. The summed E-state index contributed by atoms with van der Waals surface area (Å²) in [5, 5.41) is 1.43. The van der Waals surface area contributed by atoms with Crippen molar-refractivity contribution in [2.24, 2.45) is 0 Å². The zero-order valence-electron chi connectivity index (χ0n) is 20.4. The Morgan fingerprint density at radius 1 is 0.917 bits per heavy atom. The molecule has 4 aromatic rings. The molecular weight excluding hydrogens is 474 g/mol. The molecule has 1 aromatic heterocycles. The molecule has 0 bridgehead atoms. The van der Waals surface area contributed by atoms with Crippen LogP contribution in [-0.4, -0.2) is 54.6 Å². The van der Waals surface area contributed by atoms with Crippen LogP contribution < -0.4 is 9.64 Å². The van der Waals surface area contributed by atoms with Gasteiger partial charge in [0.25, 0.3) is 5.91 Å². The van der Waals surface area contributed by atoms with E-state index in [2.05, 4.69) is 17.0 Å². The molecule has 36 heavy (non-hydrogen) atoms. The number of benzene rings is 3. The standard InChI is InChI=1S/C29H28ClN3O3/c1-20-25(19-28(34)32-16-14-31(15-17-32)23-6-4-3-5-7-23)26-18-24(36-2)12-13-27(26)33(20)29(35)21-8-10-22(30)11-9-21/h3-13,18H,14-17,19H2,1-2H3. The van der Waals surface area contributed by atoms with E-state index in [4.69, 9.17) is 16.3 Å². The third-order valence-electron chi connectivity index (χ3n) is 6.92. The molecule has 1 saturated heterocycles. The van der Waals surface area contributed by atoms with Crippen LogP contribution in [0.25, 0.3) is 10.9 Å². The van der Waals surface area contributed by atoms with E-state index < -0.39 is 0 Å². The molecule has 3 aromatic carbocycles. The number of piperazine rings is 1. The summed E-state index contributed by atoms with van der Waals surface area (Å²) in [4.78, 5) is 31.1. The molecule has 0 unspecified atom stereocenters. The first-order valence-electron chi connectivity index (χ1n) is 12.0. The van der Waals surface area contributed by atoms with Crippen LogP contribution in [-0.2, 0) is 11.2 Å². The van der Waals surface area contributed by atoms with Crippen molar-refractivity contribution in [2.45, 2.75) is 13.3 Å². The fraction of sp³-hybridized carbons (Fsp3) is 0.241. The first-order valence-corrected chi connectivity index (χ1v) is 12.4. The van der Waals surface area contributed by atoms with Gasteiger partial charge < -0.3 is 14.5 Å². The molecule has 1 aliphatic rings. The van der Waals surface area contributed by atoms with Crippen molar-refractivity contribution in [1.82, 2.24) is 9.47 Å². The van der Waals surface area contributed by atoms with E-state index >= 15 is 0 Å². The van der Waals surface area contributed by atoms with Gasteiger partial charge in [0.1, 0.15) is 5.75 Å². The van der Waals surface area contributed by atoms with Gasteiger partial charge >= 0.3 is 0 Å². The summed E-state index contributed by atoms with van der Waals surface area (Å²) in [6, 6.07) is 22.7. The predicted octanol–water partition coefficient (Wildman–Crippen LogP) is 5.19. The second-order valence-corrected chi connectivity index (χ2v) is 9.41. The average Bonchev–Trinajstić information content (AvgIpc) is 3.19. The molecule has 6 nitrogen and oxygen atoms in total. The first kappa shape index (κ1) is 23.9. The van der Waals surface area contributed by atoms with Crippen LogP contribution in [0.3, 0.4) is 0 Å². The summed E-state index contributed by atoms with van der Waals surface area (Å²) >= 11 is 6.02. The van der Waals surface area contributed by atoms with Gasteiger partial charge in [-0.3, -0.25) is 14.2 Å². The minimum absolute atomic E-state index is 0.0617. The quantitative estimate of drug-likeness (QED) is 0.377. The van der Waals surface area contributed by atoms with E-state index in [1.165, 1.54) is 5.69 Å². The zero-order valence-corrected chi connectivity index (χ0v) is 21.2. The molecule has 1 amide bonds. The number of ether oxygens (including phenoxy) is 1. The monoisotopic (exact) mass is 501 g/mol. The number of aromatic nitrogens is 1. The molecule has 0 atom stereocenters. The zero-order chi connectivity index (χ0) is 25.2. The Bertz CT molecular complexity index is 1410. The third kappa shape index (κ3) is 4.56. The molecule has 5 rings (SSSR count). The number of hydrogen-bond acceptors (Lipinski definition) is 4. The largest absolute Gasteiger partial charge is 0.497 e. The highest BCUT2D eigenvalue weighted by molar-refractivity contribution is 6.30. The van der Waals surface area contributed by atoms with E-state index in [-0.39, 0.29) is 18.2 Å². The summed E-state index contributed by atoms with van der Waals surface area (Å²) in [6.45, 7) is 4.81. The summed E-state index contributed by atoms with van der Waals surface area (Å²) in [5.41, 5.74) is 4.07. The van der Waals surface area contributed by atoms with Crippen molar-refractivity contribution in [2.75, 3.05) is 38.2 Å². The Morgan fingerprint density at radius 2 is 1.61 bits per heavy atom. The lowest BCUT2D eigenvalue weighted by Crippen LogP contribution is -2.49. The Hall–Kier alpha value is -3.77. The van der Waals surface area contributed by atoms with Gasteiger partial charge in [0.2, 0.25) is 5.91 Å². The van der Waals surface area contributed by atoms with Crippen molar-refractivity contribution < 1.29 is 14.3 Å². The van der Waals surface area contributed by atoms with Gasteiger partial charge in [-0.15, -0.1) is 0 Å². The molecule has 0 saturated carbocycles. The molecular formula is C29H28ClN3O3. The fourth-order valence-corrected chi connectivity index (χ4v) is 5.04. The van der Waals surface area contributed by atoms with Crippen LogP contribution in [0.15, 0.2) is 72.8 Å². The normalized spacial score (nSPS) is 13.8. The second-order valence-electron chi connectivity index (χ2n) is 8.97. The lowest BCUT2D eigenvalue weighted by Gasteiger charge is -2.36. The van der Waals surface area contributed by atoms with Gasteiger partial charge in [-0.25, -0.2) is 0 Å². The highest BCUT2D eigenvalue weighted by Crippen LogP contribution is 2.31. The number of carbonyl (C=O) groups is 2. The highest BCUT2D eigenvalue weighted by Gasteiger charge is 2.26. The molecule has 0 spiro atoms. The van der Waals surface area contributed by atoms with Crippen LogP contribution in [0.4, 0.5) is 5.69 Å². The molecule has 0 radical (unpaired) electrons. The Labute approximate surface area is 215 Å². The lowest BCUT2D eigenvalue weighted by atomic mass is 10.1. The van der Waals surface area contributed by atoms with E-state index in [0.29, 0.717) is 29.4 Å². The number of rotatable bonds is 5. The number of hydrogen-bond donors (Lipinski definition) is 0. The average molecular weight is 502 g/mol. The predicted molar refractivity (Wildman–Crippen MR) is 143 cm³/mol. The van der Waals surface area contributed by atoms with E-state index in [1.807, 2.05) is 48.2 Å². The molecule has 1 aliphatic heterocycles. The number of para-hydroxylation sites is 1. The summed E-state index contributed by atoms with van der Waals surface area (Å²) < 4.78 is 7.14. The van der Waals surface area contributed by atoms with Crippen LogP contribution in [0.1, 0.15) is 21.6 Å². The van der Waals surface area contributed by atoms with Gasteiger partial charge in [0, 0.05) is 53.5 Å². The maximum Gasteiger partial charge on any atom is 0.262 e. The Balaban J connectivity index is 1.42. The van der Waals surface area contributed by atoms with Gasteiger partial charge in [-0.2, -0.15) is 0 Å². The SMILES string of the molecule is COc1ccc2c(c1)c(CC(=O)N1CCN(c3ccccc3)CC1)c(C)n2C(=O)c1ccc(Cl)cc1. The van der Waals surface area contributed by atoms with Crippen molar-refractivity contribution in [3.63, 3.8) is 0 Å². The Morgan fingerprint density at radius 3 is 2.28 bits per heavy atom. The topological polar surface area (TPSA) is 54.8 Å². The molecule has 1 fully saturated rings. The summed E-state index contributed by atoms with van der Waals surface area (Å²) in [6.07, 6.45) is 0.224. The molecule has 7 heteroatoms. The molecule has 2 heterocycles. The third-order valence-corrected chi connectivity index (χ3v) is 7.17. The first-order chi connectivity index (χ1) is 17.5. The number of fused-ring (bicyclic) bond motifs is 1. The fourth-order valence-electron chi connectivity index (χ4n) is 4.91. The number of carbonyl (C=O) groups excluding carboxylic acids is 2. The van der Waals surface area contributed by atoms with E-state index in [9.17, 15) is 9.59 Å². The number of amides is 1. The number of nitrogens with zero attached hydrogens (tertiary/aromatic N) is 3. The number of halogens is 1. The van der Waals surface area contributed by atoms with Crippen molar-refractivity contribution >= 4 is 40.0 Å². The molecule has 184 valence electrons. The van der Waals surface area contributed by atoms with Crippen molar-refractivity contribution in [3.8, 4) is 5.75 Å². The maximum atomic E-state index is 13.5. The second kappa shape index (κ2) is 10.1. The van der Waals surface area contributed by atoms with Crippen LogP contribution in [0.2, 0.25) is 5.02 Å². The smallest absolute Gasteiger partial charge is 0.262 e. The maximum absolute atomic E-state index is 13.5. The van der Waals surface area contributed by atoms with Crippen LogP contribution >= 0.6 is 11.6 Å². The van der Waals surface area contributed by atoms with Crippen molar-refractivity contribution in [1.29, 1.82) is 0 Å². The number of methoxy groups -OCH3 is 1. The van der Waals surface area contributed by atoms with Gasteiger partial charge in [0.15, 0.2) is 0 Å². The lowest BCUT2D eigenvalue weighted by molar-refractivity contribution is -0.130. The highest BCUT2D eigenvalue weighted by atomic mass is 35.5. The van der Waals surface area contributed by atoms with E-state index in [0.717, 1.165) is 35.2 Å². The Kier molecular flexibility index (Phi) is 6.70.